The topological polar surface area (TPSA) is 42.2 Å². The number of benzene rings is 1. The van der Waals surface area contributed by atoms with Gasteiger partial charge in [0.1, 0.15) is 0 Å². The third-order valence-corrected chi connectivity index (χ3v) is 3.11. The van der Waals surface area contributed by atoms with Gasteiger partial charge in [0.25, 0.3) is 5.91 Å². The van der Waals surface area contributed by atoms with E-state index in [9.17, 15) is 4.79 Å². The number of nitrogens with one attached hydrogen (secondary N) is 1. The molecule has 1 N–H and O–H groups in total. The minimum Gasteiger partial charge on any atom is -0.459 e. The van der Waals surface area contributed by atoms with Crippen LogP contribution in [0.1, 0.15) is 21.7 Å². The normalized spacial score (nSPS) is 10.4. The highest BCUT2D eigenvalue weighted by atomic mass is 35.5. The molecule has 0 aliphatic carbocycles. The van der Waals surface area contributed by atoms with Crippen molar-refractivity contribution in [2.45, 2.75) is 13.5 Å². The average molecular weight is 284 g/mol. The fourth-order valence-electron chi connectivity index (χ4n) is 1.53. The molecule has 0 saturated heterocycles. The Bertz CT molecular complexity index is 578. The van der Waals surface area contributed by atoms with Crippen LogP contribution in [0, 0.1) is 6.92 Å². The Morgan fingerprint density at radius 1 is 1.33 bits per heavy atom. The zero-order valence-corrected chi connectivity index (χ0v) is 11.2. The quantitative estimate of drug-likeness (QED) is 0.930. The Kier molecular flexibility index (Phi) is 3.94. The standard InChI is InChI=1S/C13H11Cl2NO2/c1-8-4-5-18-12(8)13(17)16-7-9-2-3-10(14)6-11(9)15/h2-6H,7H2,1H3,(H,16,17). The minimum atomic E-state index is -0.261. The number of rotatable bonds is 3. The van der Waals surface area contributed by atoms with Crippen LogP contribution >= 0.6 is 23.2 Å². The second-order valence-corrected chi connectivity index (χ2v) is 4.69. The van der Waals surface area contributed by atoms with E-state index in [1.54, 1.807) is 24.3 Å². The van der Waals surface area contributed by atoms with Crippen molar-refractivity contribution in [1.82, 2.24) is 5.32 Å². The predicted octanol–water partition coefficient (Wildman–Crippen LogP) is 3.82. The van der Waals surface area contributed by atoms with Gasteiger partial charge < -0.3 is 9.73 Å². The van der Waals surface area contributed by atoms with Gasteiger partial charge in [-0.05, 0) is 30.7 Å². The average Bonchev–Trinajstić information content (AvgIpc) is 2.74. The van der Waals surface area contributed by atoms with Crippen LogP contribution in [-0.2, 0) is 6.54 Å². The van der Waals surface area contributed by atoms with Gasteiger partial charge in [-0.1, -0.05) is 29.3 Å². The zero-order chi connectivity index (χ0) is 13.1. The summed E-state index contributed by atoms with van der Waals surface area (Å²) in [5.74, 6) is 0.0589. The number of carbonyl (C=O) groups excluding carboxylic acids is 1. The molecule has 1 aromatic heterocycles. The minimum absolute atomic E-state index is 0.261. The summed E-state index contributed by atoms with van der Waals surface area (Å²) in [6.45, 7) is 2.14. The van der Waals surface area contributed by atoms with Crippen LogP contribution in [0.3, 0.4) is 0 Å². The molecule has 18 heavy (non-hydrogen) atoms. The van der Waals surface area contributed by atoms with Gasteiger partial charge in [0, 0.05) is 22.2 Å². The first-order chi connectivity index (χ1) is 8.58. The Morgan fingerprint density at radius 3 is 2.72 bits per heavy atom. The van der Waals surface area contributed by atoms with Crippen molar-refractivity contribution in [2.24, 2.45) is 0 Å². The van der Waals surface area contributed by atoms with Crippen molar-refractivity contribution in [3.63, 3.8) is 0 Å². The molecule has 0 radical (unpaired) electrons. The van der Waals surface area contributed by atoms with Gasteiger partial charge in [-0.3, -0.25) is 4.79 Å². The number of carbonyl (C=O) groups is 1. The van der Waals surface area contributed by atoms with Gasteiger partial charge >= 0.3 is 0 Å². The molecule has 1 amide bonds. The number of aryl methyl sites for hydroxylation is 1. The van der Waals surface area contributed by atoms with Crippen molar-refractivity contribution in [3.8, 4) is 0 Å². The van der Waals surface area contributed by atoms with E-state index in [1.165, 1.54) is 6.26 Å². The van der Waals surface area contributed by atoms with Crippen LogP contribution in [0.15, 0.2) is 34.9 Å². The van der Waals surface area contributed by atoms with Crippen molar-refractivity contribution < 1.29 is 9.21 Å². The molecule has 3 nitrogen and oxygen atoms in total. The van der Waals surface area contributed by atoms with Crippen LogP contribution < -0.4 is 5.32 Å². The highest BCUT2D eigenvalue weighted by Gasteiger charge is 2.12. The number of amides is 1. The molecule has 0 aliphatic heterocycles. The van der Waals surface area contributed by atoms with E-state index in [-0.39, 0.29) is 5.91 Å². The lowest BCUT2D eigenvalue weighted by atomic mass is 10.2. The smallest absolute Gasteiger partial charge is 0.287 e. The molecule has 2 aromatic rings. The molecule has 0 spiro atoms. The fraction of sp³-hybridized carbons (Fsp3) is 0.154. The highest BCUT2D eigenvalue weighted by Crippen LogP contribution is 2.20. The maximum Gasteiger partial charge on any atom is 0.287 e. The second kappa shape index (κ2) is 5.46. The van der Waals surface area contributed by atoms with Crippen LogP contribution in [0.25, 0.3) is 0 Å². The summed E-state index contributed by atoms with van der Waals surface area (Å²) >= 11 is 11.8. The molecule has 1 heterocycles. The molecule has 5 heteroatoms. The number of hydrogen-bond acceptors (Lipinski definition) is 2. The summed E-state index contributed by atoms with van der Waals surface area (Å²) in [5.41, 5.74) is 1.60. The lowest BCUT2D eigenvalue weighted by Gasteiger charge is -2.06. The van der Waals surface area contributed by atoms with Crippen molar-refractivity contribution in [2.75, 3.05) is 0 Å². The first-order valence-corrected chi connectivity index (χ1v) is 6.09. The summed E-state index contributed by atoms with van der Waals surface area (Å²) in [7, 11) is 0. The molecule has 0 unspecified atom stereocenters. The van der Waals surface area contributed by atoms with E-state index >= 15 is 0 Å². The maximum atomic E-state index is 11.8. The summed E-state index contributed by atoms with van der Waals surface area (Å²) in [6, 6.07) is 6.89. The molecule has 0 bridgehead atoms. The maximum absolute atomic E-state index is 11.8. The van der Waals surface area contributed by atoms with Crippen molar-refractivity contribution >= 4 is 29.1 Å². The third-order valence-electron chi connectivity index (χ3n) is 2.52. The summed E-state index contributed by atoms with van der Waals surface area (Å²) in [6.07, 6.45) is 1.49. The highest BCUT2D eigenvalue weighted by molar-refractivity contribution is 6.35. The number of halogens is 2. The lowest BCUT2D eigenvalue weighted by molar-refractivity contribution is 0.0922. The van der Waals surface area contributed by atoms with Crippen LogP contribution in [-0.4, -0.2) is 5.91 Å². The van der Waals surface area contributed by atoms with E-state index in [1.807, 2.05) is 6.92 Å². The fourth-order valence-corrected chi connectivity index (χ4v) is 2.00. The summed E-state index contributed by atoms with van der Waals surface area (Å²) < 4.78 is 5.10. The molecule has 2 rings (SSSR count). The van der Waals surface area contributed by atoms with Crippen molar-refractivity contribution in [1.29, 1.82) is 0 Å². The first kappa shape index (κ1) is 13.0. The third kappa shape index (κ3) is 2.86. The molecular formula is C13H11Cl2NO2. The Labute approximate surface area is 115 Å². The SMILES string of the molecule is Cc1ccoc1C(=O)NCc1ccc(Cl)cc1Cl. The van der Waals surface area contributed by atoms with Gasteiger partial charge in [-0.25, -0.2) is 0 Å². The van der Waals surface area contributed by atoms with E-state index < -0.39 is 0 Å². The lowest BCUT2D eigenvalue weighted by Crippen LogP contribution is -2.23. The Balaban J connectivity index is 2.04. The van der Waals surface area contributed by atoms with Gasteiger partial charge in [-0.15, -0.1) is 0 Å². The second-order valence-electron chi connectivity index (χ2n) is 3.85. The van der Waals surface area contributed by atoms with Gasteiger partial charge in [0.05, 0.1) is 6.26 Å². The van der Waals surface area contributed by atoms with E-state index in [0.29, 0.717) is 22.4 Å². The van der Waals surface area contributed by atoms with Gasteiger partial charge in [0.15, 0.2) is 5.76 Å². The molecule has 0 saturated carbocycles. The molecular weight excluding hydrogens is 273 g/mol. The number of furan rings is 1. The van der Waals surface area contributed by atoms with Crippen molar-refractivity contribution in [3.05, 3.63) is 57.5 Å². The molecule has 94 valence electrons. The Morgan fingerprint density at radius 2 is 2.11 bits per heavy atom. The molecule has 1 aromatic carbocycles. The van der Waals surface area contributed by atoms with E-state index in [0.717, 1.165) is 11.1 Å². The summed E-state index contributed by atoms with van der Waals surface area (Å²) in [4.78, 5) is 11.8. The predicted molar refractivity (Wildman–Crippen MR) is 71.1 cm³/mol. The molecule has 0 aliphatic rings. The van der Waals surface area contributed by atoms with Crippen LogP contribution in [0.4, 0.5) is 0 Å². The van der Waals surface area contributed by atoms with Crippen LogP contribution in [0.5, 0.6) is 0 Å². The summed E-state index contributed by atoms with van der Waals surface area (Å²) in [5, 5.41) is 3.84. The Hall–Kier alpha value is -1.45. The molecule has 0 fully saturated rings. The molecule has 0 atom stereocenters. The van der Waals surface area contributed by atoms with Crippen LogP contribution in [0.2, 0.25) is 10.0 Å². The largest absolute Gasteiger partial charge is 0.459 e. The monoisotopic (exact) mass is 283 g/mol. The zero-order valence-electron chi connectivity index (χ0n) is 9.67. The van der Waals surface area contributed by atoms with Gasteiger partial charge in [-0.2, -0.15) is 0 Å². The van der Waals surface area contributed by atoms with E-state index in [4.69, 9.17) is 27.6 Å². The first-order valence-electron chi connectivity index (χ1n) is 5.34. The number of hydrogen-bond donors (Lipinski definition) is 1. The van der Waals surface area contributed by atoms with E-state index in [2.05, 4.69) is 5.32 Å². The van der Waals surface area contributed by atoms with Gasteiger partial charge in [0.2, 0.25) is 0 Å².